The largest absolute Gasteiger partial charge is 0.355 e. The van der Waals surface area contributed by atoms with E-state index in [1.54, 1.807) is 6.33 Å². The van der Waals surface area contributed by atoms with Crippen molar-refractivity contribution in [3.05, 3.63) is 18.2 Å². The second kappa shape index (κ2) is 6.54. The molecule has 1 amide bonds. The number of hydrogen-bond acceptors (Lipinski definition) is 3. The van der Waals surface area contributed by atoms with Crippen LogP contribution in [0.25, 0.3) is 0 Å². The van der Waals surface area contributed by atoms with E-state index in [0.29, 0.717) is 12.6 Å². The maximum atomic E-state index is 11.7. The maximum Gasteiger partial charge on any atom is 0.239 e. The van der Waals surface area contributed by atoms with Crippen molar-refractivity contribution in [2.24, 2.45) is 0 Å². The van der Waals surface area contributed by atoms with Gasteiger partial charge in [-0.2, -0.15) is 0 Å². The van der Waals surface area contributed by atoms with Crippen LogP contribution in [0.2, 0.25) is 0 Å². The Morgan fingerprint density at radius 1 is 1.61 bits per heavy atom. The van der Waals surface area contributed by atoms with Crippen molar-refractivity contribution < 1.29 is 4.79 Å². The minimum absolute atomic E-state index is 0.0620. The number of amides is 1. The lowest BCUT2D eigenvalue weighted by Gasteiger charge is -2.24. The second-order valence-corrected chi connectivity index (χ2v) is 4.80. The van der Waals surface area contributed by atoms with E-state index < -0.39 is 0 Å². The molecule has 1 saturated heterocycles. The van der Waals surface area contributed by atoms with Gasteiger partial charge < -0.3 is 15.2 Å². The van der Waals surface area contributed by atoms with Crippen LogP contribution in [0, 0.1) is 0 Å². The number of aromatic nitrogens is 2. The molecule has 1 aliphatic rings. The molecule has 0 bridgehead atoms. The number of nitrogens with zero attached hydrogens (tertiary/aromatic N) is 2. The minimum Gasteiger partial charge on any atom is -0.355 e. The number of rotatable bonds is 5. The molecule has 100 valence electrons. The Balaban J connectivity index is 1.96. The molecule has 1 unspecified atom stereocenters. The standard InChI is InChI=1S/C13H22N4O/c1-2-6-16-13(18)9-17-10-14-8-12(17)11-5-3-4-7-15-11/h8,10-11,15H,2-7,9H2,1H3,(H,16,18). The molecule has 0 spiro atoms. The van der Waals surface area contributed by atoms with Crippen LogP contribution in [0.4, 0.5) is 0 Å². The molecule has 0 aromatic carbocycles. The minimum atomic E-state index is 0.0620. The molecule has 2 heterocycles. The quantitative estimate of drug-likeness (QED) is 0.826. The van der Waals surface area contributed by atoms with Gasteiger partial charge in [0.2, 0.25) is 5.91 Å². The van der Waals surface area contributed by atoms with Crippen molar-refractivity contribution in [2.75, 3.05) is 13.1 Å². The van der Waals surface area contributed by atoms with Crippen LogP contribution >= 0.6 is 0 Å². The zero-order chi connectivity index (χ0) is 12.8. The first-order valence-corrected chi connectivity index (χ1v) is 6.81. The van der Waals surface area contributed by atoms with Gasteiger partial charge in [0.25, 0.3) is 0 Å². The Labute approximate surface area is 108 Å². The van der Waals surface area contributed by atoms with Crippen LogP contribution in [-0.2, 0) is 11.3 Å². The highest BCUT2D eigenvalue weighted by Crippen LogP contribution is 2.22. The predicted octanol–water partition coefficient (Wildman–Crippen LogP) is 1.22. The van der Waals surface area contributed by atoms with E-state index in [1.807, 2.05) is 10.8 Å². The molecule has 1 aliphatic heterocycles. The number of piperidine rings is 1. The molecule has 18 heavy (non-hydrogen) atoms. The van der Waals surface area contributed by atoms with Gasteiger partial charge in [-0.25, -0.2) is 4.98 Å². The first-order chi connectivity index (χ1) is 8.81. The van der Waals surface area contributed by atoms with Crippen molar-refractivity contribution in [1.82, 2.24) is 20.2 Å². The van der Waals surface area contributed by atoms with Crippen molar-refractivity contribution >= 4 is 5.91 Å². The summed E-state index contributed by atoms with van der Waals surface area (Å²) >= 11 is 0. The molecule has 2 rings (SSSR count). The molecular weight excluding hydrogens is 228 g/mol. The Bertz CT molecular complexity index is 382. The summed E-state index contributed by atoms with van der Waals surface area (Å²) in [6.07, 6.45) is 8.19. The van der Waals surface area contributed by atoms with Gasteiger partial charge in [-0.05, 0) is 25.8 Å². The van der Waals surface area contributed by atoms with Gasteiger partial charge >= 0.3 is 0 Å². The fraction of sp³-hybridized carbons (Fsp3) is 0.692. The van der Waals surface area contributed by atoms with Gasteiger partial charge in [0.1, 0.15) is 6.54 Å². The Morgan fingerprint density at radius 2 is 2.50 bits per heavy atom. The third-order valence-electron chi connectivity index (χ3n) is 3.30. The van der Waals surface area contributed by atoms with E-state index >= 15 is 0 Å². The molecule has 0 saturated carbocycles. The van der Waals surface area contributed by atoms with Gasteiger partial charge in [-0.1, -0.05) is 13.3 Å². The lowest BCUT2D eigenvalue weighted by molar-refractivity contribution is -0.121. The zero-order valence-corrected chi connectivity index (χ0v) is 11.0. The van der Waals surface area contributed by atoms with Crippen molar-refractivity contribution in [3.63, 3.8) is 0 Å². The van der Waals surface area contributed by atoms with E-state index in [2.05, 4.69) is 22.5 Å². The number of nitrogens with one attached hydrogen (secondary N) is 2. The first-order valence-electron chi connectivity index (χ1n) is 6.81. The van der Waals surface area contributed by atoms with E-state index in [4.69, 9.17) is 0 Å². The summed E-state index contributed by atoms with van der Waals surface area (Å²) in [6, 6.07) is 0.347. The monoisotopic (exact) mass is 250 g/mol. The first kappa shape index (κ1) is 13.1. The zero-order valence-electron chi connectivity index (χ0n) is 11.0. The molecule has 5 heteroatoms. The fourth-order valence-electron chi connectivity index (χ4n) is 2.33. The summed E-state index contributed by atoms with van der Waals surface area (Å²) in [6.45, 7) is 4.21. The molecular formula is C13H22N4O. The highest BCUT2D eigenvalue weighted by Gasteiger charge is 2.19. The fourth-order valence-corrected chi connectivity index (χ4v) is 2.33. The Morgan fingerprint density at radius 3 is 3.22 bits per heavy atom. The molecule has 1 fully saturated rings. The summed E-state index contributed by atoms with van der Waals surface area (Å²) in [5.74, 6) is 0.0620. The average molecular weight is 250 g/mol. The van der Waals surface area contributed by atoms with Gasteiger partial charge in [-0.15, -0.1) is 0 Å². The van der Waals surface area contributed by atoms with Crippen LogP contribution in [0.1, 0.15) is 44.3 Å². The number of hydrogen-bond donors (Lipinski definition) is 2. The van der Waals surface area contributed by atoms with E-state index in [9.17, 15) is 4.79 Å². The summed E-state index contributed by atoms with van der Waals surface area (Å²) in [5.41, 5.74) is 1.13. The van der Waals surface area contributed by atoms with Crippen molar-refractivity contribution in [2.45, 2.75) is 45.2 Å². The molecule has 1 atom stereocenters. The number of carbonyl (C=O) groups is 1. The second-order valence-electron chi connectivity index (χ2n) is 4.80. The highest BCUT2D eigenvalue weighted by atomic mass is 16.1. The summed E-state index contributed by atoms with van der Waals surface area (Å²) < 4.78 is 1.95. The van der Waals surface area contributed by atoms with E-state index in [0.717, 1.165) is 31.6 Å². The normalized spacial score (nSPS) is 19.7. The molecule has 2 N–H and O–H groups in total. The summed E-state index contributed by atoms with van der Waals surface area (Å²) in [5, 5.41) is 6.38. The Kier molecular flexibility index (Phi) is 4.75. The maximum absolute atomic E-state index is 11.7. The van der Waals surface area contributed by atoms with Crippen molar-refractivity contribution in [3.8, 4) is 0 Å². The highest BCUT2D eigenvalue weighted by molar-refractivity contribution is 5.75. The van der Waals surface area contributed by atoms with Crippen LogP contribution in [0.15, 0.2) is 12.5 Å². The number of carbonyl (C=O) groups excluding carboxylic acids is 1. The van der Waals surface area contributed by atoms with Crippen LogP contribution < -0.4 is 10.6 Å². The van der Waals surface area contributed by atoms with Gasteiger partial charge in [0, 0.05) is 18.8 Å². The van der Waals surface area contributed by atoms with E-state index in [-0.39, 0.29) is 5.91 Å². The van der Waals surface area contributed by atoms with Crippen LogP contribution in [-0.4, -0.2) is 28.5 Å². The third-order valence-corrected chi connectivity index (χ3v) is 3.30. The van der Waals surface area contributed by atoms with Gasteiger partial charge in [0.15, 0.2) is 0 Å². The lowest BCUT2D eigenvalue weighted by atomic mass is 10.0. The number of imidazole rings is 1. The molecule has 1 aromatic rings. The summed E-state index contributed by atoms with van der Waals surface area (Å²) in [7, 11) is 0. The summed E-state index contributed by atoms with van der Waals surface area (Å²) in [4.78, 5) is 15.9. The van der Waals surface area contributed by atoms with Crippen LogP contribution in [0.5, 0.6) is 0 Å². The third kappa shape index (κ3) is 3.32. The molecule has 1 aromatic heterocycles. The predicted molar refractivity (Wildman–Crippen MR) is 70.1 cm³/mol. The average Bonchev–Trinajstić information content (AvgIpc) is 2.85. The smallest absolute Gasteiger partial charge is 0.239 e. The van der Waals surface area contributed by atoms with Crippen LogP contribution in [0.3, 0.4) is 0 Å². The van der Waals surface area contributed by atoms with Crippen molar-refractivity contribution in [1.29, 1.82) is 0 Å². The molecule has 0 radical (unpaired) electrons. The molecule has 5 nitrogen and oxygen atoms in total. The molecule has 0 aliphatic carbocycles. The van der Waals surface area contributed by atoms with E-state index in [1.165, 1.54) is 12.8 Å². The Hall–Kier alpha value is -1.36. The lowest BCUT2D eigenvalue weighted by Crippen LogP contribution is -2.32. The topological polar surface area (TPSA) is 59.0 Å². The van der Waals surface area contributed by atoms with Gasteiger partial charge in [0.05, 0.1) is 12.0 Å². The van der Waals surface area contributed by atoms with Gasteiger partial charge in [-0.3, -0.25) is 4.79 Å². The SMILES string of the molecule is CCCNC(=O)Cn1cncc1C1CCCCN1.